The first-order valence-electron chi connectivity index (χ1n) is 7.79. The van der Waals surface area contributed by atoms with Crippen LogP contribution in [0, 0.1) is 18.3 Å². The fraction of sp³-hybridized carbons (Fsp3) is 0.105. The summed E-state index contributed by atoms with van der Waals surface area (Å²) in [4.78, 5) is 12.3. The van der Waals surface area contributed by atoms with Gasteiger partial charge in [0.25, 0.3) is 5.91 Å². The van der Waals surface area contributed by atoms with Crippen molar-refractivity contribution in [3.63, 3.8) is 0 Å². The van der Waals surface area contributed by atoms with Crippen LogP contribution in [-0.4, -0.2) is 15.7 Å². The highest BCUT2D eigenvalue weighted by atomic mass is 35.5. The number of rotatable bonds is 5. The Balaban J connectivity index is 1.67. The number of carbonyl (C=O) groups is 1. The molecule has 0 aliphatic heterocycles. The van der Waals surface area contributed by atoms with Gasteiger partial charge in [0.15, 0.2) is 12.4 Å². The van der Waals surface area contributed by atoms with E-state index in [1.165, 1.54) is 4.68 Å². The smallest absolute Gasteiger partial charge is 0.276 e. The molecule has 7 heteroatoms. The van der Waals surface area contributed by atoms with Gasteiger partial charge in [-0.2, -0.15) is 10.4 Å². The van der Waals surface area contributed by atoms with Crippen molar-refractivity contribution in [2.75, 3.05) is 5.32 Å². The van der Waals surface area contributed by atoms with Crippen molar-refractivity contribution in [1.82, 2.24) is 9.78 Å². The average molecular weight is 367 g/mol. The number of nitriles is 1. The Kier molecular flexibility index (Phi) is 5.20. The van der Waals surface area contributed by atoms with Crippen LogP contribution in [-0.2, 0) is 6.73 Å². The highest BCUT2D eigenvalue weighted by Crippen LogP contribution is 2.25. The van der Waals surface area contributed by atoms with Gasteiger partial charge in [-0.3, -0.25) is 4.79 Å². The third-order valence-corrected chi connectivity index (χ3v) is 3.92. The molecule has 6 nitrogen and oxygen atoms in total. The molecule has 0 spiro atoms. The molecule has 1 N–H and O–H groups in total. The van der Waals surface area contributed by atoms with Crippen molar-refractivity contribution in [1.29, 1.82) is 5.26 Å². The van der Waals surface area contributed by atoms with Crippen LogP contribution in [0.3, 0.4) is 0 Å². The van der Waals surface area contributed by atoms with Crippen LogP contribution in [0.1, 0.15) is 21.6 Å². The van der Waals surface area contributed by atoms with Crippen molar-refractivity contribution in [2.45, 2.75) is 13.7 Å². The Bertz CT molecular complexity index is 991. The van der Waals surface area contributed by atoms with Gasteiger partial charge >= 0.3 is 0 Å². The number of ether oxygens (including phenoxy) is 1. The van der Waals surface area contributed by atoms with E-state index in [0.29, 0.717) is 22.0 Å². The standard InChI is InChI=1S/C19H15ClN4O2/c1-13-6-7-15(20)18(10-13)26-12-24-9-8-17(23-24)19(25)22-16-5-3-2-4-14(16)11-21/h2-10H,12H2,1H3,(H,22,25). The number of hydrogen-bond donors (Lipinski definition) is 1. The zero-order valence-corrected chi connectivity index (χ0v) is 14.7. The van der Waals surface area contributed by atoms with Gasteiger partial charge in [-0.25, -0.2) is 4.68 Å². The maximum atomic E-state index is 12.3. The summed E-state index contributed by atoms with van der Waals surface area (Å²) in [6.07, 6.45) is 1.63. The lowest BCUT2D eigenvalue weighted by molar-refractivity contribution is 0.102. The number of hydrogen-bond acceptors (Lipinski definition) is 4. The van der Waals surface area contributed by atoms with Crippen LogP contribution in [0.4, 0.5) is 5.69 Å². The van der Waals surface area contributed by atoms with E-state index >= 15 is 0 Å². The van der Waals surface area contributed by atoms with E-state index < -0.39 is 5.91 Å². The Morgan fingerprint density at radius 1 is 1.31 bits per heavy atom. The van der Waals surface area contributed by atoms with Crippen LogP contribution < -0.4 is 10.1 Å². The fourth-order valence-corrected chi connectivity index (χ4v) is 2.46. The second kappa shape index (κ2) is 7.72. The van der Waals surface area contributed by atoms with E-state index in [-0.39, 0.29) is 12.4 Å². The lowest BCUT2D eigenvalue weighted by Gasteiger charge is -2.09. The Labute approximate surface area is 155 Å². The molecule has 1 amide bonds. The van der Waals surface area contributed by atoms with E-state index in [4.69, 9.17) is 21.6 Å². The summed E-state index contributed by atoms with van der Waals surface area (Å²) >= 11 is 6.09. The first-order chi connectivity index (χ1) is 12.6. The van der Waals surface area contributed by atoms with E-state index in [1.54, 1.807) is 42.6 Å². The second-order valence-corrected chi connectivity index (χ2v) is 5.97. The van der Waals surface area contributed by atoms with Crippen molar-refractivity contribution >= 4 is 23.2 Å². The van der Waals surface area contributed by atoms with Gasteiger partial charge in [-0.05, 0) is 42.8 Å². The molecular formula is C19H15ClN4O2. The first kappa shape index (κ1) is 17.5. The van der Waals surface area contributed by atoms with Crippen molar-refractivity contribution < 1.29 is 9.53 Å². The largest absolute Gasteiger partial charge is 0.470 e. The SMILES string of the molecule is Cc1ccc(Cl)c(OCn2ccc(C(=O)Nc3ccccc3C#N)n2)c1. The minimum absolute atomic E-state index is 0.116. The Morgan fingerprint density at radius 3 is 2.92 bits per heavy atom. The number of halogens is 1. The molecule has 0 saturated heterocycles. The molecule has 3 aromatic rings. The number of carbonyl (C=O) groups excluding carboxylic acids is 1. The van der Waals surface area contributed by atoms with E-state index in [1.807, 2.05) is 25.1 Å². The van der Waals surface area contributed by atoms with Crippen LogP contribution in [0.5, 0.6) is 5.75 Å². The van der Waals surface area contributed by atoms with E-state index in [0.717, 1.165) is 5.56 Å². The highest BCUT2D eigenvalue weighted by Gasteiger charge is 2.12. The summed E-state index contributed by atoms with van der Waals surface area (Å²) in [5.41, 5.74) is 2.08. The molecule has 0 saturated carbocycles. The summed E-state index contributed by atoms with van der Waals surface area (Å²) in [5.74, 6) is 0.149. The minimum atomic E-state index is -0.403. The molecule has 0 fully saturated rings. The molecule has 1 heterocycles. The first-order valence-corrected chi connectivity index (χ1v) is 8.17. The number of benzene rings is 2. The zero-order chi connectivity index (χ0) is 18.5. The number of amides is 1. The Hall–Kier alpha value is -3.30. The molecule has 130 valence electrons. The molecule has 0 bridgehead atoms. The summed E-state index contributed by atoms with van der Waals surface area (Å²) in [6, 6.07) is 15.9. The fourth-order valence-electron chi connectivity index (χ4n) is 2.29. The quantitative estimate of drug-likeness (QED) is 0.740. The molecule has 26 heavy (non-hydrogen) atoms. The molecule has 1 aromatic heterocycles. The van der Waals surface area contributed by atoms with Gasteiger partial charge in [0.05, 0.1) is 16.3 Å². The zero-order valence-electron chi connectivity index (χ0n) is 13.9. The summed E-state index contributed by atoms with van der Waals surface area (Å²) in [5, 5.41) is 16.5. The second-order valence-electron chi connectivity index (χ2n) is 5.56. The maximum Gasteiger partial charge on any atom is 0.276 e. The van der Waals surface area contributed by atoms with Gasteiger partial charge in [0.2, 0.25) is 0 Å². The van der Waals surface area contributed by atoms with Crippen LogP contribution in [0.15, 0.2) is 54.7 Å². The van der Waals surface area contributed by atoms with Crippen LogP contribution in [0.2, 0.25) is 5.02 Å². The van der Waals surface area contributed by atoms with Crippen LogP contribution in [0.25, 0.3) is 0 Å². The number of nitrogens with zero attached hydrogens (tertiary/aromatic N) is 3. The minimum Gasteiger partial charge on any atom is -0.470 e. The van der Waals surface area contributed by atoms with Crippen molar-refractivity contribution in [2.24, 2.45) is 0 Å². The van der Waals surface area contributed by atoms with Gasteiger partial charge in [-0.15, -0.1) is 0 Å². The number of aryl methyl sites for hydroxylation is 1. The molecule has 0 aliphatic carbocycles. The Morgan fingerprint density at radius 2 is 2.12 bits per heavy atom. The lowest BCUT2D eigenvalue weighted by Crippen LogP contribution is -2.15. The topological polar surface area (TPSA) is 79.9 Å². The predicted molar refractivity (Wildman–Crippen MR) is 98.2 cm³/mol. The van der Waals surface area contributed by atoms with E-state index in [2.05, 4.69) is 10.4 Å². The highest BCUT2D eigenvalue weighted by molar-refractivity contribution is 6.32. The number of anilines is 1. The van der Waals surface area contributed by atoms with Gasteiger partial charge in [0, 0.05) is 6.20 Å². The monoisotopic (exact) mass is 366 g/mol. The molecule has 0 aliphatic rings. The predicted octanol–water partition coefficient (Wildman–Crippen LogP) is 4.01. The lowest BCUT2D eigenvalue weighted by atomic mass is 10.2. The normalized spacial score (nSPS) is 10.2. The van der Waals surface area contributed by atoms with Crippen molar-refractivity contribution in [3.8, 4) is 11.8 Å². The summed E-state index contributed by atoms with van der Waals surface area (Å²) < 4.78 is 7.14. The summed E-state index contributed by atoms with van der Waals surface area (Å²) in [6.45, 7) is 2.06. The number of nitrogens with one attached hydrogen (secondary N) is 1. The van der Waals surface area contributed by atoms with Gasteiger partial charge in [0.1, 0.15) is 11.8 Å². The number of para-hydroxylation sites is 1. The van der Waals surface area contributed by atoms with Crippen molar-refractivity contribution in [3.05, 3.63) is 76.6 Å². The number of aromatic nitrogens is 2. The molecule has 0 unspecified atom stereocenters. The van der Waals surface area contributed by atoms with Gasteiger partial charge < -0.3 is 10.1 Å². The third-order valence-electron chi connectivity index (χ3n) is 3.61. The average Bonchev–Trinajstić information content (AvgIpc) is 3.12. The molecule has 3 rings (SSSR count). The van der Waals surface area contributed by atoms with E-state index in [9.17, 15) is 4.79 Å². The van der Waals surface area contributed by atoms with Crippen LogP contribution >= 0.6 is 11.6 Å². The third kappa shape index (κ3) is 4.02. The summed E-state index contributed by atoms with van der Waals surface area (Å²) in [7, 11) is 0. The maximum absolute atomic E-state index is 12.3. The molecular weight excluding hydrogens is 352 g/mol. The van der Waals surface area contributed by atoms with Gasteiger partial charge in [-0.1, -0.05) is 29.8 Å². The molecule has 2 aromatic carbocycles. The molecule has 0 atom stereocenters. The molecule has 0 radical (unpaired) electrons.